The normalized spacial score (nSPS) is 17.9. The lowest BCUT2D eigenvalue weighted by Crippen LogP contribution is -2.47. The second kappa shape index (κ2) is 11.3. The minimum absolute atomic E-state index is 0.314. The second-order valence-electron chi connectivity index (χ2n) is 9.53. The van der Waals surface area contributed by atoms with Crippen LogP contribution in [-0.4, -0.2) is 67.6 Å². The monoisotopic (exact) mass is 468 g/mol. The van der Waals surface area contributed by atoms with Gasteiger partial charge in [-0.1, -0.05) is 29.3 Å². The fourth-order valence-corrected chi connectivity index (χ4v) is 4.96. The van der Waals surface area contributed by atoms with Crippen LogP contribution in [0.1, 0.15) is 36.8 Å². The maximum absolute atomic E-state index is 12.7. The van der Waals surface area contributed by atoms with Gasteiger partial charge in [0.2, 0.25) is 5.91 Å². The number of hydrogen-bond acceptors (Lipinski definition) is 4. The highest BCUT2D eigenvalue weighted by Gasteiger charge is 2.23. The summed E-state index contributed by atoms with van der Waals surface area (Å²) in [6.07, 6.45) is 3.60. The molecule has 2 aromatic rings. The van der Waals surface area contributed by atoms with Gasteiger partial charge in [-0.15, -0.1) is 0 Å². The number of rotatable bonds is 7. The van der Waals surface area contributed by atoms with E-state index < -0.39 is 0 Å². The molecule has 2 aromatic carbocycles. The van der Waals surface area contributed by atoms with Crippen molar-refractivity contribution in [3.05, 3.63) is 58.6 Å². The molecule has 0 unspecified atom stereocenters. The van der Waals surface area contributed by atoms with E-state index in [2.05, 4.69) is 57.3 Å². The van der Waals surface area contributed by atoms with Crippen LogP contribution in [0.25, 0.3) is 0 Å². The zero-order valence-corrected chi connectivity index (χ0v) is 20.8. The molecule has 0 aromatic heterocycles. The third-order valence-corrected chi connectivity index (χ3v) is 7.44. The average Bonchev–Trinajstić information content (AvgIpc) is 2.83. The van der Waals surface area contributed by atoms with Gasteiger partial charge in [0.15, 0.2) is 0 Å². The second-order valence-corrected chi connectivity index (χ2v) is 9.94. The van der Waals surface area contributed by atoms with Gasteiger partial charge in [0, 0.05) is 68.1 Å². The Labute approximate surface area is 203 Å². The van der Waals surface area contributed by atoms with Gasteiger partial charge in [0.1, 0.15) is 0 Å². The summed E-state index contributed by atoms with van der Waals surface area (Å²) in [5.41, 5.74) is 4.83. The first-order valence-electron chi connectivity index (χ1n) is 12.3. The number of carbonyl (C=O) groups excluding carboxylic acids is 1. The minimum Gasteiger partial charge on any atom is -0.382 e. The first-order chi connectivity index (χ1) is 16.0. The molecule has 33 heavy (non-hydrogen) atoms. The van der Waals surface area contributed by atoms with Gasteiger partial charge >= 0.3 is 0 Å². The van der Waals surface area contributed by atoms with Crippen molar-refractivity contribution in [3.63, 3.8) is 0 Å². The van der Waals surface area contributed by atoms with Gasteiger partial charge in [0.05, 0.1) is 0 Å². The molecule has 2 saturated heterocycles. The Hall–Kier alpha value is -2.24. The number of nitrogens with one attached hydrogen (secondary N) is 1. The molecule has 2 aliphatic heterocycles. The van der Waals surface area contributed by atoms with Crippen LogP contribution >= 0.6 is 11.6 Å². The summed E-state index contributed by atoms with van der Waals surface area (Å²) >= 11 is 6.13. The van der Waals surface area contributed by atoms with E-state index in [4.69, 9.17) is 11.6 Å². The van der Waals surface area contributed by atoms with E-state index in [1.54, 1.807) is 0 Å². The molecule has 4 rings (SSSR count). The lowest BCUT2D eigenvalue weighted by atomic mass is 10.0. The Balaban J connectivity index is 1.12. The van der Waals surface area contributed by atoms with Gasteiger partial charge in [-0.2, -0.15) is 0 Å². The van der Waals surface area contributed by atoms with Gasteiger partial charge in [-0.05, 0) is 75.5 Å². The molecule has 2 heterocycles. The molecule has 1 amide bonds. The van der Waals surface area contributed by atoms with E-state index in [1.165, 1.54) is 11.3 Å². The number of amides is 1. The number of piperidine rings is 1. The Bertz CT molecular complexity index is 916. The number of hydrogen-bond donors (Lipinski definition) is 1. The van der Waals surface area contributed by atoms with Crippen LogP contribution in [0.3, 0.4) is 0 Å². The predicted molar refractivity (Wildman–Crippen MR) is 138 cm³/mol. The van der Waals surface area contributed by atoms with Crippen LogP contribution in [0.4, 0.5) is 11.4 Å². The zero-order chi connectivity index (χ0) is 23.2. The van der Waals surface area contributed by atoms with Crippen LogP contribution in [0, 0.1) is 13.8 Å². The molecule has 0 atom stereocenters. The smallest absolute Gasteiger partial charge is 0.222 e. The first kappa shape index (κ1) is 23.9. The van der Waals surface area contributed by atoms with E-state index >= 15 is 0 Å². The molecular formula is C27H37ClN4O. The summed E-state index contributed by atoms with van der Waals surface area (Å²) in [5.74, 6) is 0.314. The van der Waals surface area contributed by atoms with Crippen molar-refractivity contribution in [1.29, 1.82) is 0 Å². The summed E-state index contributed by atoms with van der Waals surface area (Å²) in [5, 5.41) is 4.41. The summed E-state index contributed by atoms with van der Waals surface area (Å²) in [6.45, 7) is 11.1. The van der Waals surface area contributed by atoms with E-state index in [0.29, 0.717) is 18.4 Å². The summed E-state index contributed by atoms with van der Waals surface area (Å²) in [7, 11) is 0. The fraction of sp³-hybridized carbons (Fsp3) is 0.519. The number of aryl methyl sites for hydroxylation is 2. The molecule has 2 aliphatic rings. The van der Waals surface area contributed by atoms with E-state index in [0.717, 1.165) is 81.3 Å². The largest absolute Gasteiger partial charge is 0.382 e. The van der Waals surface area contributed by atoms with Crippen molar-refractivity contribution < 1.29 is 4.79 Å². The highest BCUT2D eigenvalue weighted by atomic mass is 35.5. The number of benzene rings is 2. The van der Waals surface area contributed by atoms with Crippen LogP contribution in [0.15, 0.2) is 42.5 Å². The van der Waals surface area contributed by atoms with Gasteiger partial charge in [-0.25, -0.2) is 0 Å². The van der Waals surface area contributed by atoms with E-state index in [1.807, 2.05) is 19.1 Å². The lowest BCUT2D eigenvalue weighted by molar-refractivity contribution is -0.132. The van der Waals surface area contributed by atoms with E-state index in [-0.39, 0.29) is 0 Å². The van der Waals surface area contributed by atoms with Crippen LogP contribution in [0.2, 0.25) is 5.02 Å². The third-order valence-electron chi connectivity index (χ3n) is 7.01. The maximum atomic E-state index is 12.7. The molecule has 0 saturated carbocycles. The number of nitrogens with zero attached hydrogens (tertiary/aromatic N) is 3. The quantitative estimate of drug-likeness (QED) is 0.623. The number of carbonyl (C=O) groups is 1. The highest BCUT2D eigenvalue weighted by molar-refractivity contribution is 6.31. The van der Waals surface area contributed by atoms with Crippen molar-refractivity contribution in [3.8, 4) is 0 Å². The summed E-state index contributed by atoms with van der Waals surface area (Å²) in [4.78, 5) is 19.7. The van der Waals surface area contributed by atoms with Crippen molar-refractivity contribution in [2.75, 3.05) is 56.0 Å². The van der Waals surface area contributed by atoms with E-state index in [9.17, 15) is 4.79 Å². The van der Waals surface area contributed by atoms with Gasteiger partial charge in [-0.3, -0.25) is 9.69 Å². The first-order valence-corrected chi connectivity index (χ1v) is 12.7. The minimum atomic E-state index is 0.314. The van der Waals surface area contributed by atoms with Crippen LogP contribution in [-0.2, 0) is 4.79 Å². The Kier molecular flexibility index (Phi) is 8.15. The molecule has 1 N–H and O–H groups in total. The maximum Gasteiger partial charge on any atom is 0.222 e. The van der Waals surface area contributed by atoms with Crippen LogP contribution < -0.4 is 10.2 Å². The Morgan fingerprint density at radius 2 is 1.67 bits per heavy atom. The van der Waals surface area contributed by atoms with Crippen molar-refractivity contribution in [2.24, 2.45) is 0 Å². The average molecular weight is 469 g/mol. The predicted octanol–water partition coefficient (Wildman–Crippen LogP) is 4.96. The number of halogens is 1. The lowest BCUT2D eigenvalue weighted by Gasteiger charge is -2.36. The Morgan fingerprint density at radius 1 is 0.970 bits per heavy atom. The summed E-state index contributed by atoms with van der Waals surface area (Å²) < 4.78 is 0. The topological polar surface area (TPSA) is 38.8 Å². The summed E-state index contributed by atoms with van der Waals surface area (Å²) in [6, 6.07) is 15.3. The molecule has 5 nitrogen and oxygen atoms in total. The molecule has 6 heteroatoms. The van der Waals surface area contributed by atoms with Crippen molar-refractivity contribution in [2.45, 2.75) is 45.6 Å². The van der Waals surface area contributed by atoms with Gasteiger partial charge in [0.25, 0.3) is 0 Å². The molecule has 2 fully saturated rings. The number of piperazine rings is 1. The molecule has 178 valence electrons. The highest BCUT2D eigenvalue weighted by Crippen LogP contribution is 2.23. The van der Waals surface area contributed by atoms with Gasteiger partial charge < -0.3 is 15.1 Å². The molecule has 0 spiro atoms. The fourth-order valence-electron chi connectivity index (χ4n) is 4.84. The van der Waals surface area contributed by atoms with Crippen molar-refractivity contribution >= 4 is 28.9 Å². The molecule has 0 aliphatic carbocycles. The third kappa shape index (κ3) is 6.64. The van der Waals surface area contributed by atoms with Crippen molar-refractivity contribution in [1.82, 2.24) is 9.80 Å². The molecule has 0 radical (unpaired) electrons. The molecular weight excluding hydrogens is 432 g/mol. The standard InChI is InChI=1S/C27H37ClN4O/c1-21-5-8-25(9-6-21)31-18-16-30(17-19-31)13-3-4-27(33)32-14-11-23(12-15-32)29-24-7-10-26(28)22(2)20-24/h5-10,20,23,29H,3-4,11-19H2,1-2H3. The Morgan fingerprint density at radius 3 is 2.33 bits per heavy atom. The molecule has 0 bridgehead atoms. The SMILES string of the molecule is Cc1ccc(N2CCN(CCCC(=O)N3CCC(Nc4ccc(Cl)c(C)c4)CC3)CC2)cc1. The van der Waals surface area contributed by atoms with Crippen LogP contribution in [0.5, 0.6) is 0 Å². The zero-order valence-electron chi connectivity index (χ0n) is 20.0. The number of anilines is 2. The number of likely N-dealkylation sites (tertiary alicyclic amines) is 1.